The number of nitrogens with zero attached hydrogens (tertiary/aromatic N) is 1. The van der Waals surface area contributed by atoms with E-state index in [1.54, 1.807) is 0 Å². The van der Waals surface area contributed by atoms with Crippen molar-refractivity contribution < 1.29 is 0 Å². The SMILES string of the molecule is Cc1cc(-c2ccc3c(c2)c2ccccc2n3-c2ccc3c4ccccc4c4ccccc4c3c2)ccc1C1=CC=CCC1C.Cc1ccccc1. The minimum absolute atomic E-state index is 0.550. The summed E-state index contributed by atoms with van der Waals surface area (Å²) in [5.41, 5.74) is 11.6. The molecular weight excluding hydrogens is 627 g/mol. The highest BCUT2D eigenvalue weighted by molar-refractivity contribution is 6.25. The molecule has 1 unspecified atom stereocenters. The third-order valence-electron chi connectivity index (χ3n) is 10.9. The summed E-state index contributed by atoms with van der Waals surface area (Å²) in [6.45, 7) is 6.66. The lowest BCUT2D eigenvalue weighted by Crippen LogP contribution is -2.02. The number of para-hydroxylation sites is 1. The minimum Gasteiger partial charge on any atom is -0.309 e. The van der Waals surface area contributed by atoms with Crippen LogP contribution in [0.2, 0.25) is 0 Å². The van der Waals surface area contributed by atoms with E-state index in [0.717, 1.165) is 6.42 Å². The van der Waals surface area contributed by atoms with Crippen LogP contribution in [-0.4, -0.2) is 4.57 Å². The molecule has 8 aromatic carbocycles. The predicted molar refractivity (Wildman–Crippen MR) is 226 cm³/mol. The molecule has 52 heavy (non-hydrogen) atoms. The number of rotatable bonds is 3. The predicted octanol–water partition coefficient (Wildman–Crippen LogP) is 14.2. The lowest BCUT2D eigenvalue weighted by molar-refractivity contribution is 0.758. The van der Waals surface area contributed by atoms with E-state index in [4.69, 9.17) is 0 Å². The second kappa shape index (κ2) is 13.2. The van der Waals surface area contributed by atoms with Crippen molar-refractivity contribution in [2.24, 2.45) is 5.92 Å². The normalized spacial score (nSPS) is 14.2. The summed E-state index contributed by atoms with van der Waals surface area (Å²) in [6, 6.07) is 57.7. The van der Waals surface area contributed by atoms with E-state index in [1.165, 1.54) is 93.2 Å². The number of aryl methyl sites for hydroxylation is 2. The van der Waals surface area contributed by atoms with Gasteiger partial charge in [-0.3, -0.25) is 0 Å². The van der Waals surface area contributed by atoms with Crippen LogP contribution in [0.4, 0.5) is 0 Å². The highest BCUT2D eigenvalue weighted by Gasteiger charge is 2.17. The van der Waals surface area contributed by atoms with Gasteiger partial charge < -0.3 is 4.57 Å². The van der Waals surface area contributed by atoms with Crippen LogP contribution in [-0.2, 0) is 0 Å². The Morgan fingerprint density at radius 2 is 1.06 bits per heavy atom. The maximum Gasteiger partial charge on any atom is 0.0541 e. The zero-order chi connectivity index (χ0) is 35.2. The molecule has 0 spiro atoms. The second-order valence-electron chi connectivity index (χ2n) is 14.3. The molecule has 1 aliphatic rings. The lowest BCUT2D eigenvalue weighted by Gasteiger charge is -2.20. The molecule has 1 aromatic heterocycles. The van der Waals surface area contributed by atoms with Gasteiger partial charge in [-0.1, -0.05) is 158 Å². The molecule has 1 heterocycles. The fourth-order valence-corrected chi connectivity index (χ4v) is 8.27. The van der Waals surface area contributed by atoms with Gasteiger partial charge in [-0.05, 0) is 117 Å². The Morgan fingerprint density at radius 3 is 1.71 bits per heavy atom. The Hall–Kier alpha value is -6.18. The van der Waals surface area contributed by atoms with E-state index in [2.05, 4.69) is 183 Å². The molecule has 1 atom stereocenters. The molecule has 1 aliphatic carbocycles. The first-order valence-electron chi connectivity index (χ1n) is 18.4. The standard InChI is InChI=1S/C44H33N.C7H8/c1-28-11-3-4-12-33(28)34-22-19-30(25-29(34)2)31-20-24-44-42(26-31)40-17-9-10-18-43(40)45(44)32-21-23-39-37-15-6-5-13-35(37)36-14-7-8-16-38(36)41(39)27-32;1-7-5-3-2-4-6-7/h3-10,12-28H,11H2,1-2H3;2-6H,1H3. The van der Waals surface area contributed by atoms with Crippen molar-refractivity contribution in [1.29, 1.82) is 0 Å². The van der Waals surface area contributed by atoms with Gasteiger partial charge in [-0.2, -0.15) is 0 Å². The molecule has 1 nitrogen and oxygen atoms in total. The summed E-state index contributed by atoms with van der Waals surface area (Å²) in [6.07, 6.45) is 7.87. The van der Waals surface area contributed by atoms with Gasteiger partial charge in [0.1, 0.15) is 0 Å². The van der Waals surface area contributed by atoms with Gasteiger partial charge >= 0.3 is 0 Å². The van der Waals surface area contributed by atoms with Gasteiger partial charge in [-0.15, -0.1) is 0 Å². The van der Waals surface area contributed by atoms with Crippen molar-refractivity contribution >= 4 is 59.7 Å². The van der Waals surface area contributed by atoms with Crippen LogP contribution in [0.25, 0.3) is 76.5 Å². The van der Waals surface area contributed by atoms with Crippen molar-refractivity contribution in [2.75, 3.05) is 0 Å². The van der Waals surface area contributed by atoms with Crippen LogP contribution in [0.3, 0.4) is 0 Å². The summed E-state index contributed by atoms with van der Waals surface area (Å²) in [5, 5.41) is 10.4. The fraction of sp³-hybridized carbons (Fsp3) is 0.0980. The number of hydrogen-bond acceptors (Lipinski definition) is 0. The average molecular weight is 668 g/mol. The molecule has 0 radical (unpaired) electrons. The first-order valence-corrected chi connectivity index (χ1v) is 18.4. The molecule has 250 valence electrons. The summed E-state index contributed by atoms with van der Waals surface area (Å²) in [7, 11) is 0. The Bertz CT molecular complexity index is 2810. The van der Waals surface area contributed by atoms with Gasteiger partial charge in [0.2, 0.25) is 0 Å². The Kier molecular flexibility index (Phi) is 8.05. The largest absolute Gasteiger partial charge is 0.309 e. The average Bonchev–Trinajstić information content (AvgIpc) is 3.52. The van der Waals surface area contributed by atoms with Gasteiger partial charge in [0.25, 0.3) is 0 Å². The molecule has 0 N–H and O–H groups in total. The van der Waals surface area contributed by atoms with Gasteiger partial charge in [0, 0.05) is 16.5 Å². The maximum atomic E-state index is 2.44. The smallest absolute Gasteiger partial charge is 0.0541 e. The summed E-state index contributed by atoms with van der Waals surface area (Å²) >= 11 is 0. The Morgan fingerprint density at radius 1 is 0.481 bits per heavy atom. The van der Waals surface area contributed by atoms with E-state index in [-0.39, 0.29) is 0 Å². The van der Waals surface area contributed by atoms with Crippen LogP contribution in [0.1, 0.15) is 30.0 Å². The Balaban J connectivity index is 0.000000464. The number of fused-ring (bicyclic) bond motifs is 9. The first kappa shape index (κ1) is 31.8. The number of hydrogen-bond donors (Lipinski definition) is 0. The highest BCUT2D eigenvalue weighted by Crippen LogP contribution is 2.40. The van der Waals surface area contributed by atoms with Crippen LogP contribution in [0, 0.1) is 19.8 Å². The number of aromatic nitrogens is 1. The molecule has 0 fully saturated rings. The van der Waals surface area contributed by atoms with E-state index < -0.39 is 0 Å². The molecule has 0 saturated carbocycles. The first-order chi connectivity index (χ1) is 25.5. The second-order valence-corrected chi connectivity index (χ2v) is 14.3. The Labute approximate surface area is 305 Å². The maximum absolute atomic E-state index is 2.44. The highest BCUT2D eigenvalue weighted by atomic mass is 15.0. The summed E-state index contributed by atoms with van der Waals surface area (Å²) < 4.78 is 2.44. The van der Waals surface area contributed by atoms with Gasteiger partial charge in [0.05, 0.1) is 11.0 Å². The van der Waals surface area contributed by atoms with Crippen LogP contribution in [0.5, 0.6) is 0 Å². The zero-order valence-electron chi connectivity index (χ0n) is 30.0. The van der Waals surface area contributed by atoms with E-state index in [1.807, 2.05) is 18.2 Å². The minimum atomic E-state index is 0.550. The topological polar surface area (TPSA) is 4.93 Å². The lowest BCUT2D eigenvalue weighted by atomic mass is 9.85. The van der Waals surface area contributed by atoms with Crippen LogP contribution < -0.4 is 0 Å². The van der Waals surface area contributed by atoms with Crippen molar-refractivity contribution in [3.8, 4) is 16.8 Å². The van der Waals surface area contributed by atoms with Gasteiger partial charge in [0.15, 0.2) is 0 Å². The number of benzene rings is 8. The molecule has 0 bridgehead atoms. The molecule has 10 rings (SSSR count). The van der Waals surface area contributed by atoms with E-state index >= 15 is 0 Å². The molecule has 9 aromatic rings. The van der Waals surface area contributed by atoms with Crippen LogP contribution >= 0.6 is 0 Å². The van der Waals surface area contributed by atoms with Crippen molar-refractivity contribution in [2.45, 2.75) is 27.2 Å². The third-order valence-corrected chi connectivity index (χ3v) is 10.9. The van der Waals surface area contributed by atoms with Crippen molar-refractivity contribution in [3.05, 3.63) is 193 Å². The molecule has 1 heteroatoms. The molecular formula is C51H41N. The summed E-state index contributed by atoms with van der Waals surface area (Å²) in [4.78, 5) is 0. The van der Waals surface area contributed by atoms with Crippen LogP contribution in [0.15, 0.2) is 176 Å². The monoisotopic (exact) mass is 667 g/mol. The number of allylic oxidation sites excluding steroid dienone is 4. The van der Waals surface area contributed by atoms with E-state index in [0.29, 0.717) is 5.92 Å². The van der Waals surface area contributed by atoms with Crippen molar-refractivity contribution in [1.82, 2.24) is 4.57 Å². The van der Waals surface area contributed by atoms with E-state index in [9.17, 15) is 0 Å². The summed E-state index contributed by atoms with van der Waals surface area (Å²) in [5.74, 6) is 0.550. The van der Waals surface area contributed by atoms with Gasteiger partial charge in [-0.25, -0.2) is 0 Å². The molecule has 0 aliphatic heterocycles. The van der Waals surface area contributed by atoms with Crippen molar-refractivity contribution in [3.63, 3.8) is 0 Å². The third kappa shape index (κ3) is 5.50. The molecule has 0 saturated heterocycles. The fourth-order valence-electron chi connectivity index (χ4n) is 8.27. The molecule has 0 amide bonds. The zero-order valence-corrected chi connectivity index (χ0v) is 30.0. The quantitative estimate of drug-likeness (QED) is 0.165.